The average molecular weight is 372 g/mol. The normalized spacial score (nSPS) is 15.9. The first-order valence-corrected chi connectivity index (χ1v) is 10.4. The lowest BCUT2D eigenvalue weighted by Gasteiger charge is -2.34. The minimum atomic E-state index is 0.0446. The predicted octanol–water partition coefficient (Wildman–Crippen LogP) is 3.38. The third-order valence-corrected chi connectivity index (χ3v) is 6.15. The van der Waals surface area contributed by atoms with E-state index in [1.54, 1.807) is 0 Å². The number of carbonyl (C=O) groups is 1. The van der Waals surface area contributed by atoms with Crippen LogP contribution >= 0.6 is 11.3 Å². The highest BCUT2D eigenvalue weighted by Gasteiger charge is 2.17. The molecule has 1 amide bonds. The van der Waals surface area contributed by atoms with Gasteiger partial charge in [-0.05, 0) is 41.1 Å². The highest BCUT2D eigenvalue weighted by atomic mass is 32.1. The molecule has 1 aromatic carbocycles. The fourth-order valence-electron chi connectivity index (χ4n) is 3.46. The summed E-state index contributed by atoms with van der Waals surface area (Å²) in [7, 11) is 0. The minimum Gasteiger partial charge on any atom is -0.347 e. The second-order valence-electron chi connectivity index (χ2n) is 6.79. The van der Waals surface area contributed by atoms with Gasteiger partial charge >= 0.3 is 0 Å². The Morgan fingerprint density at radius 2 is 1.69 bits per heavy atom. The van der Waals surface area contributed by atoms with Gasteiger partial charge in [0.25, 0.3) is 5.91 Å². The van der Waals surface area contributed by atoms with Crippen LogP contribution in [0.5, 0.6) is 0 Å². The molecule has 140 valence electrons. The number of amides is 1. The van der Waals surface area contributed by atoms with Crippen molar-refractivity contribution in [2.24, 2.45) is 0 Å². The molecule has 0 spiro atoms. The van der Waals surface area contributed by atoms with E-state index >= 15 is 0 Å². The second-order valence-corrected chi connectivity index (χ2v) is 7.71. The number of hydrogen-bond acceptors (Lipinski definition) is 4. The van der Waals surface area contributed by atoms with Crippen LogP contribution in [0.3, 0.4) is 0 Å². The van der Waals surface area contributed by atoms with Crippen molar-refractivity contribution in [2.45, 2.75) is 33.4 Å². The third kappa shape index (κ3) is 4.72. The second kappa shape index (κ2) is 9.31. The minimum absolute atomic E-state index is 0.0446. The van der Waals surface area contributed by atoms with Crippen LogP contribution in [0.25, 0.3) is 0 Å². The van der Waals surface area contributed by atoms with Gasteiger partial charge in [-0.25, -0.2) is 0 Å². The van der Waals surface area contributed by atoms with E-state index in [9.17, 15) is 4.79 Å². The van der Waals surface area contributed by atoms with E-state index in [1.807, 2.05) is 11.4 Å². The Morgan fingerprint density at radius 3 is 2.38 bits per heavy atom. The average Bonchev–Trinajstić information content (AvgIpc) is 3.16. The Hall–Kier alpha value is -1.69. The molecule has 2 heterocycles. The molecule has 5 heteroatoms. The van der Waals surface area contributed by atoms with Crippen LogP contribution < -0.4 is 5.32 Å². The Labute approximate surface area is 160 Å². The molecule has 0 radical (unpaired) electrons. The van der Waals surface area contributed by atoms with Crippen LogP contribution in [0.4, 0.5) is 0 Å². The monoisotopic (exact) mass is 371 g/mol. The maximum Gasteiger partial charge on any atom is 0.261 e. The van der Waals surface area contributed by atoms with Gasteiger partial charge in [-0.1, -0.05) is 38.1 Å². The summed E-state index contributed by atoms with van der Waals surface area (Å²) >= 11 is 1.53. The summed E-state index contributed by atoms with van der Waals surface area (Å²) in [5.74, 6) is 0.0446. The number of aryl methyl sites for hydroxylation is 1. The van der Waals surface area contributed by atoms with Gasteiger partial charge < -0.3 is 10.2 Å². The van der Waals surface area contributed by atoms with Crippen LogP contribution in [0.2, 0.25) is 0 Å². The Morgan fingerprint density at radius 1 is 1.00 bits per heavy atom. The van der Waals surface area contributed by atoms with Crippen molar-refractivity contribution >= 4 is 17.2 Å². The number of nitrogens with one attached hydrogen (secondary N) is 1. The number of hydrogen-bond donors (Lipinski definition) is 1. The van der Waals surface area contributed by atoms with E-state index in [0.29, 0.717) is 6.54 Å². The summed E-state index contributed by atoms with van der Waals surface area (Å²) < 4.78 is 0. The largest absolute Gasteiger partial charge is 0.347 e. The van der Waals surface area contributed by atoms with Crippen molar-refractivity contribution in [3.8, 4) is 0 Å². The fraction of sp³-hybridized carbons (Fsp3) is 0.476. The van der Waals surface area contributed by atoms with E-state index < -0.39 is 0 Å². The van der Waals surface area contributed by atoms with Gasteiger partial charge in [0.1, 0.15) is 0 Å². The van der Waals surface area contributed by atoms with Crippen molar-refractivity contribution in [3.05, 3.63) is 57.3 Å². The number of benzene rings is 1. The molecule has 0 saturated carbocycles. The van der Waals surface area contributed by atoms with Gasteiger partial charge in [0, 0.05) is 39.3 Å². The van der Waals surface area contributed by atoms with E-state index in [4.69, 9.17) is 0 Å². The summed E-state index contributed by atoms with van der Waals surface area (Å²) in [4.78, 5) is 18.4. The topological polar surface area (TPSA) is 35.6 Å². The Balaban J connectivity index is 1.60. The lowest BCUT2D eigenvalue weighted by Crippen LogP contribution is -2.45. The Kier molecular flexibility index (Phi) is 6.83. The molecule has 1 fully saturated rings. The van der Waals surface area contributed by atoms with Gasteiger partial charge in [-0.3, -0.25) is 9.69 Å². The Bertz CT molecular complexity index is 720. The van der Waals surface area contributed by atoms with Crippen LogP contribution in [-0.2, 0) is 19.5 Å². The molecule has 4 nitrogen and oxygen atoms in total. The van der Waals surface area contributed by atoms with Crippen LogP contribution in [0.1, 0.15) is 40.2 Å². The smallest absolute Gasteiger partial charge is 0.261 e. The van der Waals surface area contributed by atoms with Crippen molar-refractivity contribution in [1.82, 2.24) is 15.1 Å². The number of thiophene rings is 1. The first-order chi connectivity index (χ1) is 12.7. The fourth-order valence-corrected chi connectivity index (χ4v) is 4.37. The summed E-state index contributed by atoms with van der Waals surface area (Å²) in [6.45, 7) is 11.5. The van der Waals surface area contributed by atoms with Gasteiger partial charge in [0.05, 0.1) is 4.88 Å². The number of nitrogens with zero attached hydrogens (tertiary/aromatic N) is 2. The number of rotatable bonds is 7. The zero-order valence-corrected chi connectivity index (χ0v) is 16.6. The molecule has 2 aromatic rings. The summed E-state index contributed by atoms with van der Waals surface area (Å²) in [5.41, 5.74) is 3.67. The molecule has 0 aliphatic carbocycles. The SMILES string of the molecule is CCc1ccsc1C(=O)NCc1ccccc1CN1CCN(CC)CC1. The highest BCUT2D eigenvalue weighted by Crippen LogP contribution is 2.18. The lowest BCUT2D eigenvalue weighted by atomic mass is 10.1. The van der Waals surface area contributed by atoms with Gasteiger partial charge in [-0.15, -0.1) is 11.3 Å². The van der Waals surface area contributed by atoms with Crippen molar-refractivity contribution in [3.63, 3.8) is 0 Å². The van der Waals surface area contributed by atoms with Crippen LogP contribution in [-0.4, -0.2) is 48.4 Å². The van der Waals surface area contributed by atoms with Crippen molar-refractivity contribution in [1.29, 1.82) is 0 Å². The maximum atomic E-state index is 12.5. The lowest BCUT2D eigenvalue weighted by molar-refractivity contribution is 0.0954. The molecule has 0 atom stereocenters. The molecule has 1 N–H and O–H groups in total. The summed E-state index contributed by atoms with van der Waals surface area (Å²) in [6.07, 6.45) is 0.895. The summed E-state index contributed by atoms with van der Waals surface area (Å²) in [6, 6.07) is 10.5. The van der Waals surface area contributed by atoms with Gasteiger partial charge in [0.15, 0.2) is 0 Å². The number of carbonyl (C=O) groups excluding carboxylic acids is 1. The first-order valence-electron chi connectivity index (χ1n) is 9.57. The molecule has 0 bridgehead atoms. The molecular formula is C21H29N3OS. The molecule has 0 unspecified atom stereocenters. The third-order valence-electron chi connectivity index (χ3n) is 5.20. The highest BCUT2D eigenvalue weighted by molar-refractivity contribution is 7.12. The molecule has 1 saturated heterocycles. The van der Waals surface area contributed by atoms with E-state index in [2.05, 4.69) is 53.2 Å². The van der Waals surface area contributed by atoms with Crippen molar-refractivity contribution in [2.75, 3.05) is 32.7 Å². The van der Waals surface area contributed by atoms with Crippen LogP contribution in [0, 0.1) is 0 Å². The number of piperazine rings is 1. The number of likely N-dealkylation sites (N-methyl/N-ethyl adjacent to an activating group) is 1. The molecular weight excluding hydrogens is 342 g/mol. The quantitative estimate of drug-likeness (QED) is 0.810. The van der Waals surface area contributed by atoms with E-state index in [-0.39, 0.29) is 5.91 Å². The molecule has 1 aromatic heterocycles. The zero-order chi connectivity index (χ0) is 18.4. The molecule has 1 aliphatic heterocycles. The van der Waals surface area contributed by atoms with Gasteiger partial charge in [0.2, 0.25) is 0 Å². The molecule has 3 rings (SSSR count). The molecule has 1 aliphatic rings. The maximum absolute atomic E-state index is 12.5. The predicted molar refractivity (Wildman–Crippen MR) is 109 cm³/mol. The molecule has 26 heavy (non-hydrogen) atoms. The van der Waals surface area contributed by atoms with E-state index in [0.717, 1.165) is 56.1 Å². The van der Waals surface area contributed by atoms with Gasteiger partial charge in [-0.2, -0.15) is 0 Å². The van der Waals surface area contributed by atoms with Crippen molar-refractivity contribution < 1.29 is 4.79 Å². The summed E-state index contributed by atoms with van der Waals surface area (Å²) in [5, 5.41) is 5.11. The zero-order valence-electron chi connectivity index (χ0n) is 15.8. The van der Waals surface area contributed by atoms with Crippen LogP contribution in [0.15, 0.2) is 35.7 Å². The van der Waals surface area contributed by atoms with E-state index in [1.165, 1.54) is 22.5 Å². The standard InChI is InChI=1S/C21H29N3OS/c1-3-17-9-14-26-20(17)21(25)22-15-18-7-5-6-8-19(18)16-24-12-10-23(4-2)11-13-24/h5-9,14H,3-4,10-13,15-16H2,1-2H3,(H,22,25). The first kappa shape index (κ1) is 19.1.